The Hall–Kier alpha value is -0.770. The topological polar surface area (TPSA) is 30.5 Å². The second kappa shape index (κ2) is 6.24. The summed E-state index contributed by atoms with van der Waals surface area (Å²) in [6, 6.07) is 5.66. The molecule has 1 N–H and O–H groups in total. The van der Waals surface area contributed by atoms with Gasteiger partial charge in [-0.05, 0) is 31.0 Å². The fraction of sp³-hybridized carbons (Fsp3) is 0.538. The predicted octanol–water partition coefficient (Wildman–Crippen LogP) is 2.62. The van der Waals surface area contributed by atoms with Gasteiger partial charge in [-0.1, -0.05) is 11.6 Å². The van der Waals surface area contributed by atoms with Crippen LogP contribution in [0.1, 0.15) is 18.4 Å². The van der Waals surface area contributed by atoms with Crippen LogP contribution in [0.2, 0.25) is 5.02 Å². The summed E-state index contributed by atoms with van der Waals surface area (Å²) < 4.78 is 10.8. The quantitative estimate of drug-likeness (QED) is 0.877. The van der Waals surface area contributed by atoms with Crippen molar-refractivity contribution in [3.63, 3.8) is 0 Å². The van der Waals surface area contributed by atoms with Crippen LogP contribution in [0.4, 0.5) is 0 Å². The smallest absolute Gasteiger partial charge is 0.123 e. The maximum Gasteiger partial charge on any atom is 0.123 e. The van der Waals surface area contributed by atoms with Crippen molar-refractivity contribution in [1.29, 1.82) is 0 Å². The van der Waals surface area contributed by atoms with Crippen molar-refractivity contribution in [2.75, 3.05) is 20.3 Å². The molecule has 0 saturated carbocycles. The van der Waals surface area contributed by atoms with Gasteiger partial charge in [0.15, 0.2) is 0 Å². The SMILES string of the molecule is COc1ccc(Cl)cc1CNC[C@H]1CCCO1. The van der Waals surface area contributed by atoms with E-state index in [0.717, 1.165) is 42.5 Å². The van der Waals surface area contributed by atoms with E-state index in [1.165, 1.54) is 6.42 Å². The van der Waals surface area contributed by atoms with Gasteiger partial charge in [0, 0.05) is 30.3 Å². The van der Waals surface area contributed by atoms with Gasteiger partial charge in [-0.25, -0.2) is 0 Å². The lowest BCUT2D eigenvalue weighted by molar-refractivity contribution is 0.110. The molecule has 0 bridgehead atoms. The molecule has 0 radical (unpaired) electrons. The summed E-state index contributed by atoms with van der Waals surface area (Å²) in [6.07, 6.45) is 2.69. The molecule has 1 saturated heterocycles. The van der Waals surface area contributed by atoms with E-state index in [-0.39, 0.29) is 0 Å². The number of hydrogen-bond donors (Lipinski definition) is 1. The number of methoxy groups -OCH3 is 1. The highest BCUT2D eigenvalue weighted by molar-refractivity contribution is 6.30. The second-order valence-corrected chi connectivity index (χ2v) is 4.66. The minimum absolute atomic E-state index is 0.361. The van der Waals surface area contributed by atoms with Crippen LogP contribution < -0.4 is 10.1 Å². The lowest BCUT2D eigenvalue weighted by atomic mass is 10.2. The van der Waals surface area contributed by atoms with E-state index in [1.807, 2.05) is 18.2 Å². The summed E-state index contributed by atoms with van der Waals surface area (Å²) in [5, 5.41) is 4.12. The molecular weight excluding hydrogens is 238 g/mol. The fourth-order valence-corrected chi connectivity index (χ4v) is 2.25. The number of rotatable bonds is 5. The molecule has 4 heteroatoms. The first-order valence-electron chi connectivity index (χ1n) is 5.94. The van der Waals surface area contributed by atoms with Crippen LogP contribution in [-0.4, -0.2) is 26.4 Å². The predicted molar refractivity (Wildman–Crippen MR) is 68.7 cm³/mol. The van der Waals surface area contributed by atoms with Crippen LogP contribution in [0.15, 0.2) is 18.2 Å². The highest BCUT2D eigenvalue weighted by atomic mass is 35.5. The maximum atomic E-state index is 5.97. The highest BCUT2D eigenvalue weighted by Gasteiger charge is 2.14. The van der Waals surface area contributed by atoms with E-state index in [1.54, 1.807) is 7.11 Å². The Morgan fingerprint density at radius 1 is 1.53 bits per heavy atom. The molecule has 0 spiro atoms. The second-order valence-electron chi connectivity index (χ2n) is 4.22. The van der Waals surface area contributed by atoms with Gasteiger partial charge in [0.05, 0.1) is 13.2 Å². The summed E-state index contributed by atoms with van der Waals surface area (Å²) in [6.45, 7) is 2.53. The maximum absolute atomic E-state index is 5.97. The molecule has 1 aliphatic heterocycles. The van der Waals surface area contributed by atoms with E-state index in [9.17, 15) is 0 Å². The minimum atomic E-state index is 0.361. The fourth-order valence-electron chi connectivity index (χ4n) is 2.06. The van der Waals surface area contributed by atoms with E-state index in [2.05, 4.69) is 5.32 Å². The van der Waals surface area contributed by atoms with Crippen LogP contribution in [0, 0.1) is 0 Å². The average Bonchev–Trinajstić information content (AvgIpc) is 2.82. The minimum Gasteiger partial charge on any atom is -0.496 e. The third kappa shape index (κ3) is 3.60. The third-order valence-electron chi connectivity index (χ3n) is 2.95. The van der Waals surface area contributed by atoms with Crippen molar-refractivity contribution in [3.05, 3.63) is 28.8 Å². The van der Waals surface area contributed by atoms with Gasteiger partial charge in [-0.2, -0.15) is 0 Å². The monoisotopic (exact) mass is 255 g/mol. The first-order valence-corrected chi connectivity index (χ1v) is 6.32. The molecular formula is C13H18ClNO2. The molecule has 1 aromatic rings. The molecule has 17 heavy (non-hydrogen) atoms. The standard InChI is InChI=1S/C13H18ClNO2/c1-16-13-5-4-11(14)7-10(13)8-15-9-12-3-2-6-17-12/h4-5,7,12,15H,2-3,6,8-9H2,1H3/t12-/m1/s1. The Morgan fingerprint density at radius 2 is 2.41 bits per heavy atom. The van der Waals surface area contributed by atoms with Crippen LogP contribution in [-0.2, 0) is 11.3 Å². The van der Waals surface area contributed by atoms with E-state index >= 15 is 0 Å². The first-order chi connectivity index (χ1) is 8.29. The molecule has 2 rings (SSSR count). The van der Waals surface area contributed by atoms with Crippen molar-refractivity contribution in [3.8, 4) is 5.75 Å². The molecule has 0 unspecified atom stereocenters. The number of halogens is 1. The van der Waals surface area contributed by atoms with E-state index in [4.69, 9.17) is 21.1 Å². The zero-order chi connectivity index (χ0) is 12.1. The van der Waals surface area contributed by atoms with Crippen molar-refractivity contribution in [2.24, 2.45) is 0 Å². The normalized spacial score (nSPS) is 19.5. The summed E-state index contributed by atoms with van der Waals surface area (Å²) in [5.41, 5.74) is 1.08. The van der Waals surface area contributed by atoms with E-state index in [0.29, 0.717) is 6.10 Å². The Bertz CT molecular complexity index is 364. The lowest BCUT2D eigenvalue weighted by Gasteiger charge is -2.13. The summed E-state index contributed by atoms with van der Waals surface area (Å²) in [5.74, 6) is 0.870. The molecule has 0 amide bonds. The van der Waals surface area contributed by atoms with E-state index < -0.39 is 0 Å². The number of nitrogens with one attached hydrogen (secondary N) is 1. The number of ether oxygens (including phenoxy) is 2. The highest BCUT2D eigenvalue weighted by Crippen LogP contribution is 2.22. The molecule has 1 aromatic carbocycles. The number of benzene rings is 1. The van der Waals surface area contributed by atoms with Crippen molar-refractivity contribution in [2.45, 2.75) is 25.5 Å². The van der Waals surface area contributed by atoms with Crippen LogP contribution >= 0.6 is 11.6 Å². The van der Waals surface area contributed by atoms with Gasteiger partial charge < -0.3 is 14.8 Å². The molecule has 1 fully saturated rings. The molecule has 1 aliphatic rings. The van der Waals surface area contributed by atoms with Gasteiger partial charge >= 0.3 is 0 Å². The average molecular weight is 256 g/mol. The molecule has 0 aliphatic carbocycles. The Morgan fingerprint density at radius 3 is 3.12 bits per heavy atom. The van der Waals surface area contributed by atoms with Crippen molar-refractivity contribution in [1.82, 2.24) is 5.32 Å². The summed E-state index contributed by atoms with van der Waals surface area (Å²) >= 11 is 5.97. The molecule has 94 valence electrons. The molecule has 3 nitrogen and oxygen atoms in total. The van der Waals surface area contributed by atoms with Gasteiger partial charge in [-0.15, -0.1) is 0 Å². The molecule has 1 atom stereocenters. The van der Waals surface area contributed by atoms with Crippen LogP contribution in [0.5, 0.6) is 5.75 Å². The zero-order valence-electron chi connectivity index (χ0n) is 10.0. The van der Waals surface area contributed by atoms with Crippen molar-refractivity contribution >= 4 is 11.6 Å². The van der Waals surface area contributed by atoms with Gasteiger partial charge in [0.1, 0.15) is 5.75 Å². The number of hydrogen-bond acceptors (Lipinski definition) is 3. The Balaban J connectivity index is 1.86. The summed E-state index contributed by atoms with van der Waals surface area (Å²) in [7, 11) is 1.67. The van der Waals surface area contributed by atoms with Crippen LogP contribution in [0.3, 0.4) is 0 Å². The zero-order valence-corrected chi connectivity index (χ0v) is 10.8. The van der Waals surface area contributed by atoms with Gasteiger partial charge in [0.25, 0.3) is 0 Å². The lowest BCUT2D eigenvalue weighted by Crippen LogP contribution is -2.25. The van der Waals surface area contributed by atoms with Crippen LogP contribution in [0.25, 0.3) is 0 Å². The Kier molecular flexibility index (Phi) is 4.66. The largest absolute Gasteiger partial charge is 0.496 e. The molecule has 1 heterocycles. The third-order valence-corrected chi connectivity index (χ3v) is 3.19. The summed E-state index contributed by atoms with van der Waals surface area (Å²) in [4.78, 5) is 0. The van der Waals surface area contributed by atoms with Gasteiger partial charge in [0.2, 0.25) is 0 Å². The van der Waals surface area contributed by atoms with Crippen molar-refractivity contribution < 1.29 is 9.47 Å². The molecule has 0 aromatic heterocycles. The first kappa shape index (κ1) is 12.7. The van der Waals surface area contributed by atoms with Gasteiger partial charge in [-0.3, -0.25) is 0 Å². The Labute approximate surface area is 107 Å².